The molecule has 344 valence electrons. The number of phosphoric acid groups is 1. The predicted molar refractivity (Wildman–Crippen MR) is 254 cm³/mol. The zero-order valence-corrected chi connectivity index (χ0v) is 39.9. The highest BCUT2D eigenvalue weighted by Crippen LogP contribution is 2.43. The molecule has 3 atom stereocenters. The van der Waals surface area contributed by atoms with Crippen molar-refractivity contribution in [3.8, 4) is 0 Å². The first-order valence-corrected chi connectivity index (χ1v) is 25.7. The Hall–Kier alpha value is -1.80. The quantitative estimate of drug-likeness (QED) is 0.0244. The minimum absolute atomic E-state index is 0.0531. The molecule has 0 aliphatic carbocycles. The van der Waals surface area contributed by atoms with Crippen molar-refractivity contribution in [1.29, 1.82) is 0 Å². The molecule has 0 saturated carbocycles. The summed E-state index contributed by atoms with van der Waals surface area (Å²) in [4.78, 5) is 23.1. The molecule has 0 bridgehead atoms. The lowest BCUT2D eigenvalue weighted by Crippen LogP contribution is -2.45. The highest BCUT2D eigenvalue weighted by molar-refractivity contribution is 7.47. The van der Waals surface area contributed by atoms with Gasteiger partial charge >= 0.3 is 7.82 Å². The molecule has 0 aromatic heterocycles. The van der Waals surface area contributed by atoms with Crippen molar-refractivity contribution in [2.75, 3.05) is 40.9 Å². The van der Waals surface area contributed by atoms with Gasteiger partial charge in [0.15, 0.2) is 0 Å². The standard InChI is InChI=1S/C50H93N2O6P/c1-6-8-10-12-14-16-18-20-21-22-23-24-25-26-27-28-29-30-31-32-34-36-38-40-42-44-50(54)51-48(47-58-59(55,56)57-46-45-52(3,4)5)49(53)43-41-39-37-35-33-19-17-15-13-11-9-7-2/h18,20,22-23,25-26,33,35,41,43,48-49,53H,6-17,19,21,24,27-32,34,36-40,42,44-47H2,1-5H3,(H-,51,54,55,56)/p+1/b20-18-,23-22-,26-25-,35-33+,43-41+. The number of carbonyl (C=O) groups excluding carboxylic acids is 1. The fraction of sp³-hybridized carbons (Fsp3) is 0.780. The summed E-state index contributed by atoms with van der Waals surface area (Å²) >= 11 is 0. The van der Waals surface area contributed by atoms with Crippen LogP contribution in [0.25, 0.3) is 0 Å². The summed E-state index contributed by atoms with van der Waals surface area (Å²) in [5.41, 5.74) is 0. The van der Waals surface area contributed by atoms with Crippen LogP contribution in [-0.4, -0.2) is 73.4 Å². The van der Waals surface area contributed by atoms with Gasteiger partial charge in [-0.25, -0.2) is 4.57 Å². The summed E-state index contributed by atoms with van der Waals surface area (Å²) in [6, 6.07) is -0.866. The van der Waals surface area contributed by atoms with Gasteiger partial charge in [-0.15, -0.1) is 0 Å². The molecule has 8 nitrogen and oxygen atoms in total. The summed E-state index contributed by atoms with van der Waals surface area (Å²) in [6.45, 7) is 4.75. The summed E-state index contributed by atoms with van der Waals surface area (Å²) in [6.07, 6.45) is 54.4. The molecular formula is C50H94N2O6P+. The number of carbonyl (C=O) groups is 1. The van der Waals surface area contributed by atoms with Crippen LogP contribution in [0.5, 0.6) is 0 Å². The van der Waals surface area contributed by atoms with Crippen molar-refractivity contribution in [2.45, 2.75) is 212 Å². The number of nitrogens with one attached hydrogen (secondary N) is 1. The van der Waals surface area contributed by atoms with E-state index >= 15 is 0 Å². The number of allylic oxidation sites excluding steroid dienone is 9. The van der Waals surface area contributed by atoms with Gasteiger partial charge in [-0.2, -0.15) is 0 Å². The highest BCUT2D eigenvalue weighted by atomic mass is 31.2. The van der Waals surface area contributed by atoms with Crippen LogP contribution >= 0.6 is 7.82 Å². The SMILES string of the molecule is CCCCCCC/C=C\C/C=C\C/C=C\CCCCCCCCCCCCC(=O)NC(COP(=O)(O)OCC[N+](C)(C)C)C(O)/C=C/CC/C=C/CCCCCCCC. The Bertz CT molecular complexity index is 1140. The van der Waals surface area contributed by atoms with E-state index in [1.165, 1.54) is 128 Å². The summed E-state index contributed by atoms with van der Waals surface area (Å²) in [5, 5.41) is 13.8. The number of quaternary nitrogens is 1. The van der Waals surface area contributed by atoms with Crippen molar-refractivity contribution < 1.29 is 32.9 Å². The molecule has 0 aromatic rings. The molecule has 0 saturated heterocycles. The average molecular weight is 850 g/mol. The van der Waals surface area contributed by atoms with E-state index in [-0.39, 0.29) is 19.1 Å². The molecule has 0 fully saturated rings. The maximum atomic E-state index is 12.9. The first kappa shape index (κ1) is 57.2. The smallest absolute Gasteiger partial charge is 0.387 e. The molecule has 0 aliphatic rings. The molecular weight excluding hydrogens is 756 g/mol. The molecule has 0 aromatic carbocycles. The van der Waals surface area contributed by atoms with Crippen molar-refractivity contribution >= 4 is 13.7 Å². The normalized spacial score (nSPS) is 14.8. The maximum Gasteiger partial charge on any atom is 0.472 e. The van der Waals surface area contributed by atoms with Crippen LogP contribution in [0.1, 0.15) is 200 Å². The second-order valence-electron chi connectivity index (χ2n) is 17.5. The number of phosphoric ester groups is 1. The number of hydrogen-bond donors (Lipinski definition) is 3. The van der Waals surface area contributed by atoms with E-state index in [2.05, 4.69) is 67.8 Å². The molecule has 0 spiro atoms. The van der Waals surface area contributed by atoms with Gasteiger partial charge in [-0.1, -0.05) is 184 Å². The Morgan fingerprint density at radius 2 is 0.983 bits per heavy atom. The minimum Gasteiger partial charge on any atom is -0.387 e. The Morgan fingerprint density at radius 3 is 1.47 bits per heavy atom. The van der Waals surface area contributed by atoms with E-state index in [9.17, 15) is 19.4 Å². The van der Waals surface area contributed by atoms with E-state index in [1.54, 1.807) is 6.08 Å². The topological polar surface area (TPSA) is 105 Å². The fourth-order valence-electron chi connectivity index (χ4n) is 6.59. The Kier molecular flexibility index (Phi) is 40.3. The van der Waals surface area contributed by atoms with Gasteiger partial charge in [0.25, 0.3) is 0 Å². The van der Waals surface area contributed by atoms with Gasteiger partial charge in [-0.3, -0.25) is 13.8 Å². The minimum atomic E-state index is -4.35. The predicted octanol–water partition coefficient (Wildman–Crippen LogP) is 13.8. The second-order valence-corrected chi connectivity index (χ2v) is 18.9. The monoisotopic (exact) mass is 850 g/mol. The number of amides is 1. The van der Waals surface area contributed by atoms with Crippen LogP contribution < -0.4 is 5.32 Å². The van der Waals surface area contributed by atoms with E-state index in [4.69, 9.17) is 9.05 Å². The summed E-state index contributed by atoms with van der Waals surface area (Å²) in [5.74, 6) is -0.194. The Balaban J connectivity index is 4.28. The molecule has 1 amide bonds. The zero-order valence-electron chi connectivity index (χ0n) is 39.0. The number of unbranched alkanes of at least 4 members (excludes halogenated alkanes) is 22. The fourth-order valence-corrected chi connectivity index (χ4v) is 7.33. The van der Waals surface area contributed by atoms with Gasteiger partial charge in [0.05, 0.1) is 39.9 Å². The number of aliphatic hydroxyl groups excluding tert-OH is 1. The lowest BCUT2D eigenvalue weighted by molar-refractivity contribution is -0.870. The third-order valence-corrected chi connectivity index (χ3v) is 11.4. The second kappa shape index (κ2) is 41.5. The number of nitrogens with zero attached hydrogens (tertiary/aromatic N) is 1. The average Bonchev–Trinajstić information content (AvgIpc) is 3.19. The molecule has 0 heterocycles. The largest absolute Gasteiger partial charge is 0.472 e. The molecule has 3 N–H and O–H groups in total. The van der Waals surface area contributed by atoms with E-state index < -0.39 is 20.0 Å². The molecule has 3 unspecified atom stereocenters. The number of likely N-dealkylation sites (N-methyl/N-ethyl adjacent to an activating group) is 1. The van der Waals surface area contributed by atoms with Crippen molar-refractivity contribution in [1.82, 2.24) is 5.32 Å². The van der Waals surface area contributed by atoms with Crippen LogP contribution in [0.3, 0.4) is 0 Å². The Labute approximate surface area is 364 Å². The van der Waals surface area contributed by atoms with Gasteiger partial charge in [0.1, 0.15) is 13.2 Å². The van der Waals surface area contributed by atoms with E-state index in [1.807, 2.05) is 27.2 Å². The maximum absolute atomic E-state index is 12.9. The van der Waals surface area contributed by atoms with Crippen LogP contribution in [-0.2, 0) is 18.4 Å². The molecule has 0 radical (unpaired) electrons. The van der Waals surface area contributed by atoms with Gasteiger partial charge in [0, 0.05) is 6.42 Å². The summed E-state index contributed by atoms with van der Waals surface area (Å²) in [7, 11) is 1.54. The number of hydrogen-bond acceptors (Lipinski definition) is 5. The van der Waals surface area contributed by atoms with Crippen LogP contribution in [0.15, 0.2) is 60.8 Å². The molecule has 0 rings (SSSR count). The lowest BCUT2D eigenvalue weighted by atomic mass is 10.0. The van der Waals surface area contributed by atoms with Gasteiger partial charge in [-0.05, 0) is 70.6 Å². The first-order chi connectivity index (χ1) is 28.5. The van der Waals surface area contributed by atoms with Gasteiger partial charge < -0.3 is 19.8 Å². The van der Waals surface area contributed by atoms with Crippen molar-refractivity contribution in [3.63, 3.8) is 0 Å². The van der Waals surface area contributed by atoms with Crippen LogP contribution in [0.2, 0.25) is 0 Å². The number of aliphatic hydroxyl groups is 1. The molecule has 0 aliphatic heterocycles. The zero-order chi connectivity index (χ0) is 43.6. The van der Waals surface area contributed by atoms with Crippen LogP contribution in [0.4, 0.5) is 0 Å². The van der Waals surface area contributed by atoms with Crippen molar-refractivity contribution in [3.05, 3.63) is 60.8 Å². The molecule has 9 heteroatoms. The van der Waals surface area contributed by atoms with E-state index in [0.717, 1.165) is 51.4 Å². The third-order valence-electron chi connectivity index (χ3n) is 10.5. The van der Waals surface area contributed by atoms with Crippen molar-refractivity contribution in [2.24, 2.45) is 0 Å². The molecule has 59 heavy (non-hydrogen) atoms. The van der Waals surface area contributed by atoms with Crippen LogP contribution in [0, 0.1) is 0 Å². The Morgan fingerprint density at radius 1 is 0.576 bits per heavy atom. The highest BCUT2D eigenvalue weighted by Gasteiger charge is 2.27. The number of rotatable bonds is 43. The third kappa shape index (κ3) is 44.1. The van der Waals surface area contributed by atoms with Gasteiger partial charge in [0.2, 0.25) is 5.91 Å². The van der Waals surface area contributed by atoms with E-state index in [0.29, 0.717) is 17.4 Å². The lowest BCUT2D eigenvalue weighted by Gasteiger charge is -2.25. The first-order valence-electron chi connectivity index (χ1n) is 24.2. The summed E-state index contributed by atoms with van der Waals surface area (Å²) < 4.78 is 23.5.